The van der Waals surface area contributed by atoms with E-state index in [0.717, 1.165) is 36.1 Å². The van der Waals surface area contributed by atoms with Crippen molar-refractivity contribution in [3.8, 4) is 0 Å². The van der Waals surface area contributed by atoms with Crippen LogP contribution in [0.1, 0.15) is 26.0 Å². The van der Waals surface area contributed by atoms with E-state index in [1.54, 1.807) is 0 Å². The quantitative estimate of drug-likeness (QED) is 0.930. The fraction of sp³-hybridized carbons (Fsp3) is 0.471. The van der Waals surface area contributed by atoms with Crippen molar-refractivity contribution < 1.29 is 0 Å². The van der Waals surface area contributed by atoms with Gasteiger partial charge in [-0.15, -0.1) is 0 Å². The number of benzene rings is 1. The van der Waals surface area contributed by atoms with Crippen LogP contribution in [-0.4, -0.2) is 18.1 Å². The molecule has 1 aliphatic rings. The maximum atomic E-state index is 5.80. The van der Waals surface area contributed by atoms with Crippen LogP contribution in [0.5, 0.6) is 0 Å². The van der Waals surface area contributed by atoms with Gasteiger partial charge < -0.3 is 10.6 Å². The summed E-state index contributed by atoms with van der Waals surface area (Å²) in [6.45, 7) is 7.43. The molecule has 106 valence electrons. The minimum absolute atomic E-state index is 0.499. The second-order valence-corrected chi connectivity index (χ2v) is 6.09. The van der Waals surface area contributed by atoms with Crippen molar-refractivity contribution >= 4 is 16.6 Å². The van der Waals surface area contributed by atoms with E-state index < -0.39 is 0 Å². The summed E-state index contributed by atoms with van der Waals surface area (Å²) in [6.07, 6.45) is 1.28. The van der Waals surface area contributed by atoms with Crippen LogP contribution < -0.4 is 10.6 Å². The lowest BCUT2D eigenvalue weighted by Crippen LogP contribution is -2.22. The van der Waals surface area contributed by atoms with Crippen LogP contribution in [0.2, 0.25) is 0 Å². The Balaban J connectivity index is 2.02. The van der Waals surface area contributed by atoms with Crippen LogP contribution in [0.4, 0.5) is 5.69 Å². The minimum Gasteiger partial charge on any atom is -0.371 e. The molecule has 1 fully saturated rings. The number of nitrogens with zero attached hydrogens (tertiary/aromatic N) is 2. The van der Waals surface area contributed by atoms with Crippen LogP contribution in [0.3, 0.4) is 0 Å². The fourth-order valence-electron chi connectivity index (χ4n) is 3.13. The molecule has 1 atom stereocenters. The molecular weight excluding hydrogens is 246 g/mol. The molecule has 2 N–H and O–H groups in total. The molecule has 1 aromatic carbocycles. The summed E-state index contributed by atoms with van der Waals surface area (Å²) in [4.78, 5) is 7.14. The minimum atomic E-state index is 0.499. The molecule has 2 heterocycles. The van der Waals surface area contributed by atoms with Crippen molar-refractivity contribution in [2.45, 2.75) is 26.8 Å². The Morgan fingerprint density at radius 3 is 2.85 bits per heavy atom. The molecule has 0 spiro atoms. The Labute approximate surface area is 120 Å². The first kappa shape index (κ1) is 13.4. The normalized spacial score (nSPS) is 19.2. The number of fused-ring (bicyclic) bond motifs is 1. The number of pyridine rings is 1. The van der Waals surface area contributed by atoms with Gasteiger partial charge >= 0.3 is 0 Å². The SMILES string of the molecule is CC(C)C1CCN(c2cc(CN)nc3ccccc23)C1. The zero-order valence-corrected chi connectivity index (χ0v) is 12.3. The Morgan fingerprint density at radius 1 is 1.35 bits per heavy atom. The van der Waals surface area contributed by atoms with E-state index in [1.807, 2.05) is 6.07 Å². The predicted octanol–water partition coefficient (Wildman–Crippen LogP) is 3.18. The third-order valence-corrected chi connectivity index (χ3v) is 4.46. The number of rotatable bonds is 3. The van der Waals surface area contributed by atoms with Gasteiger partial charge in [0.25, 0.3) is 0 Å². The van der Waals surface area contributed by atoms with Crippen molar-refractivity contribution in [3.05, 3.63) is 36.0 Å². The number of para-hydroxylation sites is 1. The Kier molecular flexibility index (Phi) is 3.62. The molecule has 3 heteroatoms. The molecule has 0 radical (unpaired) electrons. The van der Waals surface area contributed by atoms with Gasteiger partial charge in [-0.3, -0.25) is 4.98 Å². The van der Waals surface area contributed by atoms with Crippen LogP contribution in [0.25, 0.3) is 10.9 Å². The van der Waals surface area contributed by atoms with Crippen LogP contribution in [0.15, 0.2) is 30.3 Å². The van der Waals surface area contributed by atoms with Crippen molar-refractivity contribution in [1.82, 2.24) is 4.98 Å². The van der Waals surface area contributed by atoms with Crippen LogP contribution >= 0.6 is 0 Å². The van der Waals surface area contributed by atoms with Crippen LogP contribution in [-0.2, 0) is 6.54 Å². The zero-order valence-electron chi connectivity index (χ0n) is 12.3. The fourth-order valence-corrected chi connectivity index (χ4v) is 3.13. The molecular formula is C17H23N3. The maximum absolute atomic E-state index is 5.80. The van der Waals surface area contributed by atoms with E-state index >= 15 is 0 Å². The topological polar surface area (TPSA) is 42.1 Å². The summed E-state index contributed by atoms with van der Waals surface area (Å²) in [7, 11) is 0. The molecule has 20 heavy (non-hydrogen) atoms. The Morgan fingerprint density at radius 2 is 2.15 bits per heavy atom. The first-order valence-corrected chi connectivity index (χ1v) is 7.52. The molecule has 2 aromatic rings. The monoisotopic (exact) mass is 269 g/mol. The maximum Gasteiger partial charge on any atom is 0.0726 e. The standard InChI is InChI=1S/C17H23N3/c1-12(2)13-7-8-20(11-13)17-9-14(10-18)19-16-6-4-3-5-15(16)17/h3-6,9,12-13H,7-8,10-11,18H2,1-2H3. The molecule has 1 aliphatic heterocycles. The summed E-state index contributed by atoms with van der Waals surface area (Å²) in [5, 5.41) is 1.24. The lowest BCUT2D eigenvalue weighted by Gasteiger charge is -2.22. The highest BCUT2D eigenvalue weighted by molar-refractivity contribution is 5.92. The van der Waals surface area contributed by atoms with E-state index in [1.165, 1.54) is 17.5 Å². The molecule has 3 rings (SSSR count). The largest absolute Gasteiger partial charge is 0.371 e. The zero-order chi connectivity index (χ0) is 14.1. The number of nitrogens with two attached hydrogens (primary N) is 1. The Bertz CT molecular complexity index is 606. The lowest BCUT2D eigenvalue weighted by molar-refractivity contribution is 0.423. The third-order valence-electron chi connectivity index (χ3n) is 4.46. The predicted molar refractivity (Wildman–Crippen MR) is 84.8 cm³/mol. The van der Waals surface area contributed by atoms with Gasteiger partial charge in [-0.1, -0.05) is 32.0 Å². The van der Waals surface area contributed by atoms with Gasteiger partial charge in [0.2, 0.25) is 0 Å². The summed E-state index contributed by atoms with van der Waals surface area (Å²) >= 11 is 0. The average molecular weight is 269 g/mol. The highest BCUT2D eigenvalue weighted by atomic mass is 15.2. The van der Waals surface area contributed by atoms with E-state index in [9.17, 15) is 0 Å². The highest BCUT2D eigenvalue weighted by Gasteiger charge is 2.26. The number of aromatic nitrogens is 1. The van der Waals surface area contributed by atoms with Gasteiger partial charge in [0.15, 0.2) is 0 Å². The van der Waals surface area contributed by atoms with Gasteiger partial charge in [-0.25, -0.2) is 0 Å². The number of hydrogen-bond donors (Lipinski definition) is 1. The first-order chi connectivity index (χ1) is 9.69. The first-order valence-electron chi connectivity index (χ1n) is 7.52. The molecule has 0 bridgehead atoms. The van der Waals surface area contributed by atoms with Gasteiger partial charge in [0.05, 0.1) is 11.2 Å². The van der Waals surface area contributed by atoms with E-state index in [0.29, 0.717) is 6.54 Å². The van der Waals surface area contributed by atoms with Gasteiger partial charge in [-0.2, -0.15) is 0 Å². The van der Waals surface area contributed by atoms with E-state index in [4.69, 9.17) is 5.73 Å². The van der Waals surface area contributed by atoms with Crippen LogP contribution in [0, 0.1) is 11.8 Å². The summed E-state index contributed by atoms with van der Waals surface area (Å²) in [6, 6.07) is 10.5. The van der Waals surface area contributed by atoms with E-state index in [-0.39, 0.29) is 0 Å². The van der Waals surface area contributed by atoms with Gasteiger partial charge in [-0.05, 0) is 30.4 Å². The Hall–Kier alpha value is -1.61. The molecule has 1 saturated heterocycles. The van der Waals surface area contributed by atoms with Gasteiger partial charge in [0.1, 0.15) is 0 Å². The van der Waals surface area contributed by atoms with Gasteiger partial charge in [0, 0.05) is 30.7 Å². The van der Waals surface area contributed by atoms with Crippen molar-refractivity contribution in [1.29, 1.82) is 0 Å². The van der Waals surface area contributed by atoms with Crippen molar-refractivity contribution in [3.63, 3.8) is 0 Å². The number of hydrogen-bond acceptors (Lipinski definition) is 3. The molecule has 0 amide bonds. The summed E-state index contributed by atoms with van der Waals surface area (Å²) < 4.78 is 0. The van der Waals surface area contributed by atoms with Crippen molar-refractivity contribution in [2.24, 2.45) is 17.6 Å². The summed E-state index contributed by atoms with van der Waals surface area (Å²) in [5.74, 6) is 1.55. The molecule has 1 aromatic heterocycles. The molecule has 3 nitrogen and oxygen atoms in total. The second-order valence-electron chi connectivity index (χ2n) is 6.09. The van der Waals surface area contributed by atoms with Crippen molar-refractivity contribution in [2.75, 3.05) is 18.0 Å². The number of anilines is 1. The lowest BCUT2D eigenvalue weighted by atomic mass is 9.95. The molecule has 0 aliphatic carbocycles. The molecule has 1 unspecified atom stereocenters. The third kappa shape index (κ3) is 2.38. The second kappa shape index (κ2) is 5.41. The highest BCUT2D eigenvalue weighted by Crippen LogP contribution is 2.33. The summed E-state index contributed by atoms with van der Waals surface area (Å²) in [5.41, 5.74) is 9.14. The average Bonchev–Trinajstić information content (AvgIpc) is 2.96. The molecule has 0 saturated carbocycles. The smallest absolute Gasteiger partial charge is 0.0726 e. The van der Waals surface area contributed by atoms with E-state index in [2.05, 4.69) is 48.0 Å².